The molecule has 2 heterocycles. The SMILES string of the molecule is CC(Cl)=CCSc1nc2c(c(=O)[nH]c(=O)n2C)n1Cc1cccc(Br)c1. The van der Waals surface area contributed by atoms with Gasteiger partial charge in [0.1, 0.15) is 0 Å². The number of halogens is 2. The van der Waals surface area contributed by atoms with Gasteiger partial charge in [-0.05, 0) is 24.6 Å². The van der Waals surface area contributed by atoms with E-state index in [1.807, 2.05) is 34.9 Å². The molecule has 0 radical (unpaired) electrons. The van der Waals surface area contributed by atoms with Crippen LogP contribution in [-0.4, -0.2) is 24.9 Å². The number of hydrogen-bond donors (Lipinski definition) is 1. The molecule has 0 fully saturated rings. The van der Waals surface area contributed by atoms with Crippen LogP contribution in [0.25, 0.3) is 11.2 Å². The Balaban J connectivity index is 2.16. The standard InChI is InChI=1S/C17H16BrClN4O2S/c1-10(19)6-7-26-17-20-14-13(15(24)21-16(25)22(14)2)23(17)9-11-4-3-5-12(18)8-11/h3-6,8H,7,9H2,1-2H3,(H,21,24,25). The van der Waals surface area contributed by atoms with Gasteiger partial charge in [-0.3, -0.25) is 14.3 Å². The number of aromatic nitrogens is 4. The second-order valence-electron chi connectivity index (χ2n) is 5.70. The van der Waals surface area contributed by atoms with Crippen LogP contribution in [0, 0.1) is 0 Å². The van der Waals surface area contributed by atoms with E-state index < -0.39 is 11.2 Å². The highest BCUT2D eigenvalue weighted by Gasteiger charge is 2.17. The van der Waals surface area contributed by atoms with Crippen LogP contribution < -0.4 is 11.2 Å². The molecule has 2 aromatic heterocycles. The average molecular weight is 456 g/mol. The molecular formula is C17H16BrClN4O2S. The molecule has 1 N–H and O–H groups in total. The summed E-state index contributed by atoms with van der Waals surface area (Å²) in [5.74, 6) is 0.614. The highest BCUT2D eigenvalue weighted by molar-refractivity contribution is 9.10. The lowest BCUT2D eigenvalue weighted by atomic mass is 10.2. The molecule has 26 heavy (non-hydrogen) atoms. The van der Waals surface area contributed by atoms with E-state index >= 15 is 0 Å². The number of nitrogens with one attached hydrogen (secondary N) is 1. The summed E-state index contributed by atoms with van der Waals surface area (Å²) in [5.41, 5.74) is 0.825. The Hall–Kier alpha value is -1.77. The summed E-state index contributed by atoms with van der Waals surface area (Å²) >= 11 is 10.8. The van der Waals surface area contributed by atoms with Gasteiger partial charge < -0.3 is 4.57 Å². The lowest BCUT2D eigenvalue weighted by Crippen LogP contribution is -2.29. The van der Waals surface area contributed by atoms with Gasteiger partial charge in [-0.25, -0.2) is 9.78 Å². The van der Waals surface area contributed by atoms with Crippen molar-refractivity contribution in [2.45, 2.75) is 18.6 Å². The molecule has 136 valence electrons. The summed E-state index contributed by atoms with van der Waals surface area (Å²) in [5, 5.41) is 1.35. The Morgan fingerprint density at radius 3 is 2.88 bits per heavy atom. The fourth-order valence-corrected chi connectivity index (χ4v) is 4.08. The van der Waals surface area contributed by atoms with Crippen molar-refractivity contribution in [3.05, 3.63) is 66.2 Å². The molecule has 0 aliphatic carbocycles. The van der Waals surface area contributed by atoms with E-state index in [0.29, 0.717) is 33.7 Å². The van der Waals surface area contributed by atoms with Crippen molar-refractivity contribution < 1.29 is 0 Å². The predicted molar refractivity (Wildman–Crippen MR) is 109 cm³/mol. The number of thioether (sulfide) groups is 1. The van der Waals surface area contributed by atoms with Crippen molar-refractivity contribution in [2.75, 3.05) is 5.75 Å². The molecule has 0 unspecified atom stereocenters. The van der Waals surface area contributed by atoms with Gasteiger partial charge in [-0.2, -0.15) is 0 Å². The lowest BCUT2D eigenvalue weighted by Gasteiger charge is -2.08. The fraction of sp³-hybridized carbons (Fsp3) is 0.235. The van der Waals surface area contributed by atoms with Gasteiger partial charge in [0.2, 0.25) is 0 Å². The number of H-pyrrole nitrogens is 1. The number of hydrogen-bond acceptors (Lipinski definition) is 4. The van der Waals surface area contributed by atoms with Crippen LogP contribution in [0.3, 0.4) is 0 Å². The van der Waals surface area contributed by atoms with Crippen molar-refractivity contribution in [2.24, 2.45) is 7.05 Å². The second kappa shape index (κ2) is 7.85. The fourth-order valence-electron chi connectivity index (χ4n) is 2.52. The van der Waals surface area contributed by atoms with Gasteiger partial charge in [0, 0.05) is 22.3 Å². The van der Waals surface area contributed by atoms with Crippen LogP contribution in [0.2, 0.25) is 0 Å². The molecular weight excluding hydrogens is 440 g/mol. The molecule has 9 heteroatoms. The quantitative estimate of drug-likeness (QED) is 0.598. The van der Waals surface area contributed by atoms with Gasteiger partial charge in [0.15, 0.2) is 16.3 Å². The van der Waals surface area contributed by atoms with Crippen LogP contribution >= 0.6 is 39.3 Å². The van der Waals surface area contributed by atoms with Crippen molar-refractivity contribution in [3.8, 4) is 0 Å². The molecule has 3 rings (SSSR count). The molecule has 0 aliphatic heterocycles. The maximum atomic E-state index is 12.4. The van der Waals surface area contributed by atoms with Gasteiger partial charge in [0.25, 0.3) is 5.56 Å². The maximum absolute atomic E-state index is 12.4. The first-order valence-electron chi connectivity index (χ1n) is 7.76. The number of aromatic amines is 1. The van der Waals surface area contributed by atoms with E-state index in [0.717, 1.165) is 10.0 Å². The third-order valence-corrected chi connectivity index (χ3v) is 5.33. The molecule has 0 aliphatic rings. The molecule has 1 aromatic carbocycles. The number of fused-ring (bicyclic) bond motifs is 1. The van der Waals surface area contributed by atoms with Crippen LogP contribution in [-0.2, 0) is 13.6 Å². The van der Waals surface area contributed by atoms with Crippen LogP contribution in [0.4, 0.5) is 0 Å². The number of allylic oxidation sites excluding steroid dienone is 1. The van der Waals surface area contributed by atoms with Crippen LogP contribution in [0.5, 0.6) is 0 Å². The Morgan fingerprint density at radius 2 is 2.19 bits per heavy atom. The highest BCUT2D eigenvalue weighted by Crippen LogP contribution is 2.24. The van der Waals surface area contributed by atoms with Gasteiger partial charge >= 0.3 is 5.69 Å². The van der Waals surface area contributed by atoms with Gasteiger partial charge in [-0.1, -0.05) is 57.5 Å². The molecule has 0 amide bonds. The van der Waals surface area contributed by atoms with E-state index in [2.05, 4.69) is 25.9 Å². The smallest absolute Gasteiger partial charge is 0.309 e. The molecule has 0 bridgehead atoms. The molecule has 0 atom stereocenters. The minimum Gasteiger partial charge on any atom is -0.309 e. The molecule has 0 saturated carbocycles. The third-order valence-electron chi connectivity index (χ3n) is 3.78. The van der Waals surface area contributed by atoms with E-state index in [4.69, 9.17) is 11.6 Å². The van der Waals surface area contributed by atoms with Crippen molar-refractivity contribution in [1.29, 1.82) is 0 Å². The maximum Gasteiger partial charge on any atom is 0.329 e. The van der Waals surface area contributed by atoms with E-state index in [1.165, 1.54) is 16.3 Å². The Bertz CT molecular complexity index is 1110. The number of imidazole rings is 1. The monoisotopic (exact) mass is 454 g/mol. The Kier molecular flexibility index (Phi) is 5.74. The van der Waals surface area contributed by atoms with E-state index in [-0.39, 0.29) is 0 Å². The molecule has 6 nitrogen and oxygen atoms in total. The summed E-state index contributed by atoms with van der Waals surface area (Å²) in [6.07, 6.45) is 1.87. The molecule has 0 spiro atoms. The summed E-state index contributed by atoms with van der Waals surface area (Å²) < 4.78 is 4.13. The minimum absolute atomic E-state index is 0.364. The Labute approximate surface area is 167 Å². The lowest BCUT2D eigenvalue weighted by molar-refractivity contribution is 0.728. The van der Waals surface area contributed by atoms with Crippen molar-refractivity contribution in [3.63, 3.8) is 0 Å². The molecule has 0 saturated heterocycles. The summed E-state index contributed by atoms with van der Waals surface area (Å²) in [7, 11) is 1.59. The zero-order chi connectivity index (χ0) is 18.8. The van der Waals surface area contributed by atoms with Crippen LogP contribution in [0.1, 0.15) is 12.5 Å². The zero-order valence-corrected chi connectivity index (χ0v) is 17.3. The number of rotatable bonds is 5. The first-order valence-corrected chi connectivity index (χ1v) is 9.91. The average Bonchev–Trinajstić information content (AvgIpc) is 2.92. The number of nitrogens with zero attached hydrogens (tertiary/aromatic N) is 3. The van der Waals surface area contributed by atoms with E-state index in [9.17, 15) is 9.59 Å². The first kappa shape index (κ1) is 19.0. The predicted octanol–water partition coefficient (Wildman–Crippen LogP) is 3.47. The second-order valence-corrected chi connectivity index (χ2v) is 8.20. The summed E-state index contributed by atoms with van der Waals surface area (Å²) in [6, 6.07) is 7.84. The largest absolute Gasteiger partial charge is 0.329 e. The van der Waals surface area contributed by atoms with Crippen LogP contribution in [0.15, 0.2) is 54.6 Å². The van der Waals surface area contributed by atoms with Gasteiger partial charge in [0.05, 0.1) is 6.54 Å². The summed E-state index contributed by atoms with van der Waals surface area (Å²) in [4.78, 5) is 31.2. The van der Waals surface area contributed by atoms with Gasteiger partial charge in [-0.15, -0.1) is 0 Å². The summed E-state index contributed by atoms with van der Waals surface area (Å²) in [6.45, 7) is 2.27. The zero-order valence-electron chi connectivity index (χ0n) is 14.1. The normalized spacial score (nSPS) is 12.1. The minimum atomic E-state index is -0.484. The van der Waals surface area contributed by atoms with Crippen molar-refractivity contribution in [1.82, 2.24) is 19.1 Å². The number of aryl methyl sites for hydroxylation is 1. The first-order chi connectivity index (χ1) is 12.4. The van der Waals surface area contributed by atoms with Crippen molar-refractivity contribution >= 4 is 50.5 Å². The molecule has 3 aromatic rings. The third kappa shape index (κ3) is 3.97. The Morgan fingerprint density at radius 1 is 1.42 bits per heavy atom. The van der Waals surface area contributed by atoms with E-state index in [1.54, 1.807) is 14.0 Å². The topological polar surface area (TPSA) is 72.7 Å². The number of benzene rings is 1. The highest BCUT2D eigenvalue weighted by atomic mass is 79.9.